The fourth-order valence-electron chi connectivity index (χ4n) is 10.7. The van der Waals surface area contributed by atoms with E-state index in [9.17, 15) is 9.59 Å². The summed E-state index contributed by atoms with van der Waals surface area (Å²) in [6, 6.07) is 51.8. The molecule has 74 heavy (non-hydrogen) atoms. The fourth-order valence-corrected chi connectivity index (χ4v) is 11.8. The standard InChI is InChI=1S/C64H51N3O6S/c1-5-7-29-67(30-8-6-2)39-26-25-38-31-51(64(69)72-54(38)32-39)57-27-28-58(74-57)60-43-19-11-15-23-47(43)62(48-24-16-12-20-44(48)60)61-45-21-13-9-17-41(45)59(42-18-10-14-22-46(42)61)53-37-65-36-52(66-53)49-35-50-55(71-4)33-40(70-3)34-56(50)73-63(49)68/h9-28,31-37H,5-8,29-30H2,1-4H3. The van der Waals surface area contributed by atoms with Crippen LogP contribution in [-0.2, 0) is 0 Å². The minimum Gasteiger partial charge on any atom is -0.496 e. The predicted molar refractivity (Wildman–Crippen MR) is 304 cm³/mol. The highest BCUT2D eigenvalue weighted by atomic mass is 32.1. The second-order valence-corrected chi connectivity index (χ2v) is 19.8. The van der Waals surface area contributed by atoms with Crippen molar-refractivity contribution >= 4 is 82.1 Å². The molecule has 12 aromatic rings. The molecule has 0 fully saturated rings. The Hall–Kier alpha value is -8.60. The summed E-state index contributed by atoms with van der Waals surface area (Å²) in [6.07, 6.45) is 7.81. The third-order valence-electron chi connectivity index (χ3n) is 14.3. The Morgan fingerprint density at radius 3 is 1.59 bits per heavy atom. The number of nitrogens with zero attached hydrogens (tertiary/aromatic N) is 3. The van der Waals surface area contributed by atoms with Gasteiger partial charge in [0.15, 0.2) is 0 Å². The van der Waals surface area contributed by atoms with Crippen LogP contribution in [0.4, 0.5) is 5.69 Å². The van der Waals surface area contributed by atoms with Crippen molar-refractivity contribution in [2.75, 3.05) is 32.2 Å². The van der Waals surface area contributed by atoms with E-state index < -0.39 is 5.63 Å². The molecule has 9 nitrogen and oxygen atoms in total. The summed E-state index contributed by atoms with van der Waals surface area (Å²) in [6.45, 7) is 6.38. The largest absolute Gasteiger partial charge is 0.496 e. The Bertz CT molecular complexity index is 4170. The Labute approximate surface area is 430 Å². The van der Waals surface area contributed by atoms with Gasteiger partial charge in [0.2, 0.25) is 0 Å². The first kappa shape index (κ1) is 46.5. The fraction of sp³-hybridized carbons (Fsp3) is 0.156. The van der Waals surface area contributed by atoms with Gasteiger partial charge in [-0.2, -0.15) is 0 Å². The van der Waals surface area contributed by atoms with E-state index in [0.29, 0.717) is 45.0 Å². The molecular formula is C64H51N3O6S. The molecule has 12 rings (SSSR count). The van der Waals surface area contributed by atoms with E-state index in [2.05, 4.69) is 145 Å². The Morgan fingerprint density at radius 1 is 0.500 bits per heavy atom. The first-order valence-corrected chi connectivity index (χ1v) is 26.0. The lowest BCUT2D eigenvalue weighted by Crippen LogP contribution is -2.25. The van der Waals surface area contributed by atoms with E-state index >= 15 is 0 Å². The highest BCUT2D eigenvalue weighted by Crippen LogP contribution is 2.51. The second-order valence-electron chi connectivity index (χ2n) is 18.7. The van der Waals surface area contributed by atoms with Gasteiger partial charge in [0, 0.05) is 63.2 Å². The monoisotopic (exact) mass is 989 g/mol. The number of thiophene rings is 1. The lowest BCUT2D eigenvalue weighted by atomic mass is 9.82. The van der Waals surface area contributed by atoms with Gasteiger partial charge in [-0.3, -0.25) is 4.98 Å². The van der Waals surface area contributed by atoms with E-state index in [1.54, 1.807) is 56.1 Å². The summed E-state index contributed by atoms with van der Waals surface area (Å²) in [5.74, 6) is 1.02. The number of unbranched alkanes of at least 4 members (excludes halogenated alkanes) is 2. The summed E-state index contributed by atoms with van der Waals surface area (Å²) in [4.78, 5) is 41.8. The van der Waals surface area contributed by atoms with Gasteiger partial charge >= 0.3 is 11.3 Å². The molecule has 0 saturated carbocycles. The number of rotatable bonds is 14. The molecule has 0 aliphatic heterocycles. The predicted octanol–water partition coefficient (Wildman–Crippen LogP) is 16.1. The van der Waals surface area contributed by atoms with Gasteiger partial charge < -0.3 is 23.2 Å². The van der Waals surface area contributed by atoms with Crippen LogP contribution in [0.2, 0.25) is 0 Å². The molecule has 4 heterocycles. The molecule has 0 atom stereocenters. The molecule has 8 aromatic carbocycles. The summed E-state index contributed by atoms with van der Waals surface area (Å²) in [7, 11) is 3.12. The zero-order chi connectivity index (χ0) is 50.5. The number of hydrogen-bond donors (Lipinski definition) is 0. The number of anilines is 1. The van der Waals surface area contributed by atoms with Crippen LogP contribution in [0.25, 0.3) is 120 Å². The molecular weight excluding hydrogens is 939 g/mol. The Morgan fingerprint density at radius 2 is 1.03 bits per heavy atom. The van der Waals surface area contributed by atoms with E-state index in [1.807, 2.05) is 12.1 Å². The average Bonchev–Trinajstić information content (AvgIpc) is 3.95. The van der Waals surface area contributed by atoms with Gasteiger partial charge in [0.1, 0.15) is 22.7 Å². The normalized spacial score (nSPS) is 11.7. The minimum absolute atomic E-state index is 0.262. The highest BCUT2D eigenvalue weighted by Gasteiger charge is 2.25. The summed E-state index contributed by atoms with van der Waals surface area (Å²) < 4.78 is 23.1. The van der Waals surface area contributed by atoms with Crippen molar-refractivity contribution in [1.29, 1.82) is 0 Å². The van der Waals surface area contributed by atoms with Crippen molar-refractivity contribution in [3.05, 3.63) is 185 Å². The zero-order valence-electron chi connectivity index (χ0n) is 41.5. The second kappa shape index (κ2) is 19.4. The smallest absolute Gasteiger partial charge is 0.345 e. The molecule has 4 aromatic heterocycles. The van der Waals surface area contributed by atoms with Crippen molar-refractivity contribution in [3.8, 4) is 66.0 Å². The summed E-state index contributed by atoms with van der Waals surface area (Å²) >= 11 is 1.61. The molecule has 0 spiro atoms. The maximum absolute atomic E-state index is 13.9. The number of fused-ring (bicyclic) bond motifs is 6. The molecule has 364 valence electrons. The quantitative estimate of drug-likeness (QED) is 0.0777. The molecule has 0 N–H and O–H groups in total. The first-order valence-electron chi connectivity index (χ1n) is 25.2. The van der Waals surface area contributed by atoms with Crippen LogP contribution in [0.3, 0.4) is 0 Å². The highest BCUT2D eigenvalue weighted by molar-refractivity contribution is 7.19. The van der Waals surface area contributed by atoms with Gasteiger partial charge in [-0.05, 0) is 103 Å². The molecule has 0 unspecified atom stereocenters. The summed E-state index contributed by atoms with van der Waals surface area (Å²) in [5.41, 5.74) is 7.17. The van der Waals surface area contributed by atoms with E-state index in [1.165, 1.54) is 0 Å². The third-order valence-corrected chi connectivity index (χ3v) is 15.4. The molecule has 0 bridgehead atoms. The lowest BCUT2D eigenvalue weighted by Gasteiger charge is -2.24. The van der Waals surface area contributed by atoms with Crippen molar-refractivity contribution in [2.45, 2.75) is 39.5 Å². The topological polar surface area (TPSA) is 108 Å². The zero-order valence-corrected chi connectivity index (χ0v) is 42.3. The van der Waals surface area contributed by atoms with Crippen LogP contribution in [0, 0.1) is 0 Å². The van der Waals surface area contributed by atoms with Crippen LogP contribution in [0.15, 0.2) is 182 Å². The van der Waals surface area contributed by atoms with Crippen LogP contribution in [0.5, 0.6) is 11.5 Å². The molecule has 0 radical (unpaired) electrons. The number of hydrogen-bond acceptors (Lipinski definition) is 10. The maximum atomic E-state index is 13.9. The van der Waals surface area contributed by atoms with Crippen molar-refractivity contribution in [1.82, 2.24) is 9.97 Å². The maximum Gasteiger partial charge on any atom is 0.345 e. The first-order chi connectivity index (χ1) is 36.3. The van der Waals surface area contributed by atoms with Gasteiger partial charge in [0.05, 0.1) is 54.5 Å². The van der Waals surface area contributed by atoms with Crippen molar-refractivity contribution < 1.29 is 18.3 Å². The number of ether oxygens (including phenoxy) is 2. The van der Waals surface area contributed by atoms with E-state index in [4.69, 9.17) is 23.3 Å². The van der Waals surface area contributed by atoms with Crippen LogP contribution in [-0.4, -0.2) is 37.3 Å². The molecule has 0 amide bonds. The molecule has 0 aliphatic rings. The van der Waals surface area contributed by atoms with E-state index in [-0.39, 0.29) is 11.2 Å². The van der Waals surface area contributed by atoms with Gasteiger partial charge in [-0.25, -0.2) is 14.6 Å². The Kier molecular flexibility index (Phi) is 12.2. The lowest BCUT2D eigenvalue weighted by molar-refractivity contribution is 0.396. The van der Waals surface area contributed by atoms with Crippen molar-refractivity contribution in [2.24, 2.45) is 0 Å². The van der Waals surface area contributed by atoms with Crippen LogP contribution >= 0.6 is 11.3 Å². The van der Waals surface area contributed by atoms with Crippen LogP contribution in [0.1, 0.15) is 39.5 Å². The Balaban J connectivity index is 1.00. The number of benzene rings is 8. The van der Waals surface area contributed by atoms with Gasteiger partial charge in [-0.15, -0.1) is 11.3 Å². The van der Waals surface area contributed by atoms with Crippen LogP contribution < -0.4 is 25.6 Å². The number of methoxy groups -OCH3 is 2. The number of aromatic nitrogens is 2. The van der Waals surface area contributed by atoms with Crippen molar-refractivity contribution in [3.63, 3.8) is 0 Å². The minimum atomic E-state index is -0.551. The summed E-state index contributed by atoms with van der Waals surface area (Å²) in [5, 5.41) is 9.98. The van der Waals surface area contributed by atoms with E-state index in [0.717, 1.165) is 125 Å². The van der Waals surface area contributed by atoms with Gasteiger partial charge in [0.25, 0.3) is 0 Å². The third kappa shape index (κ3) is 8.02. The SMILES string of the molecule is CCCCN(CCCC)c1ccc2cc(-c3ccc(-c4c5ccccc5c(-c5c6ccccc6c(-c6cncc(-c7cc8c(OC)cc(OC)cc8oc7=O)n6)c6ccccc56)c5ccccc45)s3)c(=O)oc2c1. The van der Waals surface area contributed by atoms with Gasteiger partial charge in [-0.1, -0.05) is 124 Å². The molecule has 10 heteroatoms. The molecule has 0 aliphatic carbocycles. The molecule has 0 saturated heterocycles. The average molecular weight is 990 g/mol.